The zero-order valence-corrected chi connectivity index (χ0v) is 19.0. The van der Waals surface area contributed by atoms with Crippen molar-refractivity contribution < 1.29 is 9.53 Å². The zero-order valence-electron chi connectivity index (χ0n) is 15.9. The van der Waals surface area contributed by atoms with E-state index in [1.807, 2.05) is 48.5 Å². The number of thioether (sulfide) groups is 1. The van der Waals surface area contributed by atoms with Crippen molar-refractivity contribution >= 4 is 69.4 Å². The van der Waals surface area contributed by atoms with Crippen LogP contribution in [0.4, 0.5) is 5.69 Å². The van der Waals surface area contributed by atoms with Crippen LogP contribution in [0.3, 0.4) is 0 Å². The summed E-state index contributed by atoms with van der Waals surface area (Å²) >= 11 is 20.2. The Balaban J connectivity index is 1.51. The maximum absolute atomic E-state index is 12.3. The first-order valence-corrected chi connectivity index (χ1v) is 11.1. The number of carbonyl (C=O) groups is 1. The van der Waals surface area contributed by atoms with E-state index in [-0.39, 0.29) is 12.5 Å². The molecule has 1 aliphatic heterocycles. The van der Waals surface area contributed by atoms with Crippen molar-refractivity contribution in [3.63, 3.8) is 0 Å². The number of aliphatic imine (C=N–C) groups is 1. The van der Waals surface area contributed by atoms with Gasteiger partial charge in [0.25, 0.3) is 5.91 Å². The molecule has 0 unspecified atom stereocenters. The lowest BCUT2D eigenvalue weighted by molar-refractivity contribution is -0.115. The van der Waals surface area contributed by atoms with Gasteiger partial charge < -0.3 is 10.1 Å². The molecule has 8 heteroatoms. The number of nitrogens with zero attached hydrogens (tertiary/aromatic N) is 1. The molecule has 0 atom stereocenters. The van der Waals surface area contributed by atoms with Gasteiger partial charge in [-0.05, 0) is 53.7 Å². The topological polar surface area (TPSA) is 50.7 Å². The molecule has 1 N–H and O–H groups in total. The number of benzene rings is 3. The van der Waals surface area contributed by atoms with Crippen molar-refractivity contribution in [2.24, 2.45) is 4.99 Å². The van der Waals surface area contributed by atoms with Crippen molar-refractivity contribution in [2.45, 2.75) is 6.61 Å². The van der Waals surface area contributed by atoms with Gasteiger partial charge >= 0.3 is 0 Å². The van der Waals surface area contributed by atoms with Crippen LogP contribution in [0.1, 0.15) is 11.1 Å². The molecule has 31 heavy (non-hydrogen) atoms. The molecule has 0 spiro atoms. The molecule has 1 amide bonds. The van der Waals surface area contributed by atoms with E-state index >= 15 is 0 Å². The Bertz CT molecular complexity index is 1170. The van der Waals surface area contributed by atoms with Crippen LogP contribution in [0.5, 0.6) is 5.75 Å². The predicted octanol–water partition coefficient (Wildman–Crippen LogP) is 7.12. The molecule has 0 radical (unpaired) electrons. The number of amides is 1. The molecule has 3 aromatic carbocycles. The molecule has 1 heterocycles. The normalized spacial score (nSPS) is 16.0. The molecule has 156 valence electrons. The van der Waals surface area contributed by atoms with Crippen LogP contribution in [-0.4, -0.2) is 11.1 Å². The number of hydrogen-bond acceptors (Lipinski definition) is 4. The molecule has 1 aliphatic rings. The van der Waals surface area contributed by atoms with Gasteiger partial charge in [-0.25, -0.2) is 4.99 Å². The molecule has 1 saturated heterocycles. The lowest BCUT2D eigenvalue weighted by Gasteiger charge is -2.12. The van der Waals surface area contributed by atoms with Crippen molar-refractivity contribution in [3.05, 3.63) is 97.8 Å². The van der Waals surface area contributed by atoms with Gasteiger partial charge in [-0.2, -0.15) is 0 Å². The second kappa shape index (κ2) is 9.79. The highest BCUT2D eigenvalue weighted by Crippen LogP contribution is 2.37. The van der Waals surface area contributed by atoms with Crippen LogP contribution in [0.15, 0.2) is 76.6 Å². The number of amidine groups is 1. The standard InChI is InChI=1S/C23H15Cl3N2O2S/c24-17-9-5-4-6-15(17)13-30-21-18(25)10-14(11-19(21)26)12-20-22(29)28-23(31-20)27-16-7-2-1-3-8-16/h1-12H,13H2,(H,27,28,29)/b20-12-. The number of ether oxygens (including phenoxy) is 1. The Morgan fingerprint density at radius 1 is 0.935 bits per heavy atom. The highest BCUT2D eigenvalue weighted by atomic mass is 35.5. The molecule has 4 nitrogen and oxygen atoms in total. The summed E-state index contributed by atoms with van der Waals surface area (Å²) in [6, 6.07) is 20.2. The average Bonchev–Trinajstić information content (AvgIpc) is 3.08. The van der Waals surface area contributed by atoms with Crippen molar-refractivity contribution in [1.82, 2.24) is 5.32 Å². The zero-order chi connectivity index (χ0) is 21.8. The number of hydrogen-bond donors (Lipinski definition) is 1. The lowest BCUT2D eigenvalue weighted by Crippen LogP contribution is -2.19. The largest absolute Gasteiger partial charge is 0.486 e. The molecule has 0 saturated carbocycles. The summed E-state index contributed by atoms with van der Waals surface area (Å²) in [6.45, 7) is 0.233. The third-order valence-corrected chi connectivity index (χ3v) is 6.13. The Labute approximate surface area is 198 Å². The maximum Gasteiger partial charge on any atom is 0.264 e. The first-order chi connectivity index (χ1) is 15.0. The number of rotatable bonds is 5. The van der Waals surface area contributed by atoms with E-state index in [9.17, 15) is 4.79 Å². The average molecular weight is 490 g/mol. The van der Waals surface area contributed by atoms with E-state index in [4.69, 9.17) is 39.5 Å². The number of halogens is 3. The van der Waals surface area contributed by atoms with E-state index in [0.29, 0.717) is 36.5 Å². The summed E-state index contributed by atoms with van der Waals surface area (Å²) in [6.07, 6.45) is 1.71. The van der Waals surface area contributed by atoms with Crippen LogP contribution in [0.2, 0.25) is 15.1 Å². The lowest BCUT2D eigenvalue weighted by atomic mass is 10.2. The Hall–Kier alpha value is -2.44. The molecular weight excluding hydrogens is 475 g/mol. The molecule has 0 bridgehead atoms. The fraction of sp³-hybridized carbons (Fsp3) is 0.0435. The molecule has 3 aromatic rings. The van der Waals surface area contributed by atoms with Crippen LogP contribution >= 0.6 is 46.6 Å². The number of nitrogens with one attached hydrogen (secondary N) is 1. The van der Waals surface area contributed by atoms with Gasteiger partial charge in [0.2, 0.25) is 0 Å². The minimum absolute atomic E-state index is 0.231. The van der Waals surface area contributed by atoms with Gasteiger partial charge in [-0.15, -0.1) is 0 Å². The summed E-state index contributed by atoms with van der Waals surface area (Å²) in [5, 5.41) is 4.56. The van der Waals surface area contributed by atoms with E-state index in [1.165, 1.54) is 11.8 Å². The Kier molecular flexibility index (Phi) is 6.88. The minimum atomic E-state index is -0.231. The van der Waals surface area contributed by atoms with E-state index in [0.717, 1.165) is 11.3 Å². The van der Waals surface area contributed by atoms with Gasteiger partial charge in [0, 0.05) is 10.6 Å². The maximum atomic E-state index is 12.3. The quantitative estimate of drug-likeness (QED) is 0.388. The third-order valence-electron chi connectivity index (χ3n) is 4.29. The monoisotopic (exact) mass is 488 g/mol. The van der Waals surface area contributed by atoms with E-state index in [1.54, 1.807) is 24.3 Å². The van der Waals surface area contributed by atoms with Gasteiger partial charge in [0.05, 0.1) is 20.6 Å². The second-order valence-corrected chi connectivity index (χ2v) is 8.76. The summed E-state index contributed by atoms with van der Waals surface area (Å²) in [5.41, 5.74) is 2.27. The third kappa shape index (κ3) is 5.43. The van der Waals surface area contributed by atoms with Gasteiger partial charge in [0.1, 0.15) is 6.61 Å². The molecular formula is C23H15Cl3N2O2S. The van der Waals surface area contributed by atoms with Crippen LogP contribution in [0, 0.1) is 0 Å². The summed E-state index contributed by atoms with van der Waals surface area (Å²) < 4.78 is 5.79. The summed E-state index contributed by atoms with van der Waals surface area (Å²) in [4.78, 5) is 17.2. The first-order valence-electron chi connectivity index (χ1n) is 9.19. The van der Waals surface area contributed by atoms with Crippen molar-refractivity contribution in [2.75, 3.05) is 0 Å². The smallest absolute Gasteiger partial charge is 0.264 e. The predicted molar refractivity (Wildman–Crippen MR) is 129 cm³/mol. The van der Waals surface area contributed by atoms with Crippen LogP contribution in [-0.2, 0) is 11.4 Å². The SMILES string of the molecule is O=C1NC(=Nc2ccccc2)S/C1=C\c1cc(Cl)c(OCc2ccccc2Cl)c(Cl)c1. The van der Waals surface area contributed by atoms with Crippen LogP contribution < -0.4 is 10.1 Å². The second-order valence-electron chi connectivity index (χ2n) is 6.51. The highest BCUT2D eigenvalue weighted by molar-refractivity contribution is 8.18. The molecule has 0 aromatic heterocycles. The molecule has 0 aliphatic carbocycles. The molecule has 1 fully saturated rings. The van der Waals surface area contributed by atoms with Gasteiger partial charge in [-0.3, -0.25) is 4.79 Å². The molecule has 4 rings (SSSR count). The van der Waals surface area contributed by atoms with E-state index < -0.39 is 0 Å². The van der Waals surface area contributed by atoms with Crippen molar-refractivity contribution in [3.8, 4) is 5.75 Å². The van der Waals surface area contributed by atoms with Crippen LogP contribution in [0.25, 0.3) is 6.08 Å². The number of para-hydroxylation sites is 1. The Morgan fingerprint density at radius 3 is 2.32 bits per heavy atom. The van der Waals surface area contributed by atoms with Crippen molar-refractivity contribution in [1.29, 1.82) is 0 Å². The van der Waals surface area contributed by atoms with Gasteiger partial charge in [0.15, 0.2) is 10.9 Å². The summed E-state index contributed by atoms with van der Waals surface area (Å²) in [5.74, 6) is 0.131. The van der Waals surface area contributed by atoms with E-state index in [2.05, 4.69) is 10.3 Å². The summed E-state index contributed by atoms with van der Waals surface area (Å²) in [7, 11) is 0. The van der Waals surface area contributed by atoms with Gasteiger partial charge in [-0.1, -0.05) is 71.2 Å². The number of carbonyl (C=O) groups excluding carboxylic acids is 1. The Morgan fingerprint density at radius 2 is 1.61 bits per heavy atom. The first kappa shape index (κ1) is 21.8. The minimum Gasteiger partial charge on any atom is -0.486 e. The fourth-order valence-corrected chi connectivity index (χ4v) is 4.46. The highest BCUT2D eigenvalue weighted by Gasteiger charge is 2.24. The fourth-order valence-electron chi connectivity index (χ4n) is 2.82.